The van der Waals surface area contributed by atoms with Crippen molar-refractivity contribution < 1.29 is 9.53 Å². The zero-order valence-corrected chi connectivity index (χ0v) is 13.7. The summed E-state index contributed by atoms with van der Waals surface area (Å²) in [5, 5.41) is 0. The van der Waals surface area contributed by atoms with E-state index in [-0.39, 0.29) is 17.6 Å². The van der Waals surface area contributed by atoms with Crippen LogP contribution in [0.5, 0.6) is 0 Å². The molecule has 0 aliphatic heterocycles. The van der Waals surface area contributed by atoms with Crippen molar-refractivity contribution in [2.24, 2.45) is 11.3 Å². The predicted molar refractivity (Wildman–Crippen MR) is 83.1 cm³/mol. The third kappa shape index (κ3) is 3.20. The van der Waals surface area contributed by atoms with Gasteiger partial charge in [0.25, 0.3) is 0 Å². The van der Waals surface area contributed by atoms with Crippen molar-refractivity contribution in [1.29, 1.82) is 0 Å². The van der Waals surface area contributed by atoms with Crippen LogP contribution in [0.1, 0.15) is 53.9 Å². The normalized spacial score (nSPS) is 26.0. The Hall–Kier alpha value is -1.58. The lowest BCUT2D eigenvalue weighted by atomic mass is 9.63. The summed E-state index contributed by atoms with van der Waals surface area (Å²) >= 11 is 0. The lowest BCUT2D eigenvalue weighted by molar-refractivity contribution is 0.0580. The minimum Gasteiger partial charge on any atom is -0.445 e. The Kier molecular flexibility index (Phi) is 4.55. The Balaban J connectivity index is 2.10. The molecule has 2 rings (SSSR count). The molecule has 1 aliphatic rings. The van der Waals surface area contributed by atoms with Gasteiger partial charge in [0.05, 0.1) is 0 Å². The van der Waals surface area contributed by atoms with Gasteiger partial charge in [0.2, 0.25) is 0 Å². The zero-order valence-electron chi connectivity index (χ0n) is 13.7. The number of nitrogens with zero attached hydrogens (tertiary/aromatic N) is 2. The molecule has 1 aromatic heterocycles. The highest BCUT2D eigenvalue weighted by atomic mass is 16.6. The summed E-state index contributed by atoms with van der Waals surface area (Å²) in [6.45, 7) is 11.2. The van der Waals surface area contributed by atoms with Gasteiger partial charge >= 0.3 is 6.09 Å². The van der Waals surface area contributed by atoms with Crippen molar-refractivity contribution in [2.75, 3.05) is 0 Å². The van der Waals surface area contributed by atoms with E-state index in [1.165, 1.54) is 22.0 Å². The van der Waals surface area contributed by atoms with E-state index in [2.05, 4.69) is 39.6 Å². The number of hydrogen-bond donors (Lipinski definition) is 0. The second-order valence-corrected chi connectivity index (χ2v) is 6.77. The van der Waals surface area contributed by atoms with Gasteiger partial charge in [0.15, 0.2) is 0 Å². The number of rotatable bonds is 2. The Morgan fingerprint density at radius 3 is 2.71 bits per heavy atom. The molecule has 0 spiro atoms. The van der Waals surface area contributed by atoms with Crippen LogP contribution in [0.3, 0.4) is 0 Å². The van der Waals surface area contributed by atoms with Crippen LogP contribution in [-0.4, -0.2) is 21.7 Å². The third-order valence-electron chi connectivity index (χ3n) is 4.97. The van der Waals surface area contributed by atoms with Crippen LogP contribution < -0.4 is 0 Å². The Labute approximate surface area is 127 Å². The van der Waals surface area contributed by atoms with E-state index in [1.54, 1.807) is 12.4 Å². The van der Waals surface area contributed by atoms with Gasteiger partial charge in [-0.2, -0.15) is 0 Å². The van der Waals surface area contributed by atoms with Crippen molar-refractivity contribution in [2.45, 2.75) is 60.0 Å². The standard InChI is InChI=1S/C17H26N2O2/c1-12(2)15-10-14(6-7-17(15,5)13(3)4)21-16(20)19-9-8-18-11-19/h8-9,11,13-14H,6-7,10H2,1-5H3/t14-,17+/m0/s1. The molecule has 1 saturated carbocycles. The molecule has 1 aromatic rings. The molecule has 0 bridgehead atoms. The second-order valence-electron chi connectivity index (χ2n) is 6.77. The fourth-order valence-electron chi connectivity index (χ4n) is 3.26. The second kappa shape index (κ2) is 6.04. The summed E-state index contributed by atoms with van der Waals surface area (Å²) in [5.41, 5.74) is 3.03. The van der Waals surface area contributed by atoms with Crippen LogP contribution >= 0.6 is 0 Å². The van der Waals surface area contributed by atoms with E-state index in [9.17, 15) is 4.79 Å². The summed E-state index contributed by atoms with van der Waals surface area (Å²) < 4.78 is 7.03. The van der Waals surface area contributed by atoms with Crippen molar-refractivity contribution in [1.82, 2.24) is 9.55 Å². The minimum atomic E-state index is -0.334. The van der Waals surface area contributed by atoms with Gasteiger partial charge in [-0.15, -0.1) is 0 Å². The highest BCUT2D eigenvalue weighted by Gasteiger charge is 2.39. The maximum Gasteiger partial charge on any atom is 0.419 e. The highest BCUT2D eigenvalue weighted by Crippen LogP contribution is 2.48. The third-order valence-corrected chi connectivity index (χ3v) is 4.97. The number of allylic oxidation sites excluding steroid dienone is 1. The molecule has 0 aromatic carbocycles. The van der Waals surface area contributed by atoms with Crippen LogP contribution in [0.25, 0.3) is 0 Å². The number of ether oxygens (including phenoxy) is 1. The van der Waals surface area contributed by atoms with Gasteiger partial charge in [-0.05, 0) is 38.0 Å². The van der Waals surface area contributed by atoms with E-state index in [0.29, 0.717) is 5.92 Å². The smallest absolute Gasteiger partial charge is 0.419 e. The Morgan fingerprint density at radius 2 is 2.19 bits per heavy atom. The minimum absolute atomic E-state index is 0.0309. The summed E-state index contributed by atoms with van der Waals surface area (Å²) in [6.07, 6.45) is 7.14. The first-order chi connectivity index (χ1) is 9.84. The fourth-order valence-corrected chi connectivity index (χ4v) is 3.26. The summed E-state index contributed by atoms with van der Waals surface area (Å²) in [6, 6.07) is 0. The number of hydrogen-bond acceptors (Lipinski definition) is 3. The average Bonchev–Trinajstić information content (AvgIpc) is 2.94. The van der Waals surface area contributed by atoms with Crippen molar-refractivity contribution in [3.8, 4) is 0 Å². The molecule has 1 heterocycles. The molecule has 4 nitrogen and oxygen atoms in total. The predicted octanol–water partition coefficient (Wildman–Crippen LogP) is 4.42. The van der Waals surface area contributed by atoms with E-state index in [4.69, 9.17) is 4.74 Å². The van der Waals surface area contributed by atoms with Crippen LogP contribution in [0.2, 0.25) is 0 Å². The maximum absolute atomic E-state index is 12.0. The van der Waals surface area contributed by atoms with Crippen molar-refractivity contribution in [3.05, 3.63) is 29.9 Å². The zero-order chi connectivity index (χ0) is 15.6. The van der Waals surface area contributed by atoms with Gasteiger partial charge in [-0.3, -0.25) is 0 Å². The van der Waals surface area contributed by atoms with Gasteiger partial charge in [-0.25, -0.2) is 14.3 Å². The summed E-state index contributed by atoms with van der Waals surface area (Å²) in [5.74, 6) is 0.590. The Bertz CT molecular complexity index is 527. The largest absolute Gasteiger partial charge is 0.445 e. The summed E-state index contributed by atoms with van der Waals surface area (Å²) in [4.78, 5) is 15.9. The summed E-state index contributed by atoms with van der Waals surface area (Å²) in [7, 11) is 0. The van der Waals surface area contributed by atoms with E-state index >= 15 is 0 Å². The molecule has 0 radical (unpaired) electrons. The molecule has 1 fully saturated rings. The van der Waals surface area contributed by atoms with Crippen LogP contribution in [0.4, 0.5) is 4.79 Å². The molecule has 116 valence electrons. The number of aromatic nitrogens is 2. The molecule has 0 saturated heterocycles. The van der Waals surface area contributed by atoms with E-state index < -0.39 is 0 Å². The first-order valence-corrected chi connectivity index (χ1v) is 7.70. The number of carbonyl (C=O) groups excluding carboxylic acids is 1. The SMILES string of the molecule is CC(C)=C1C[C@@H](OC(=O)n2ccnc2)CC[C@]1(C)C(C)C. The molecule has 1 aliphatic carbocycles. The molecular weight excluding hydrogens is 264 g/mol. The van der Waals surface area contributed by atoms with Crippen molar-refractivity contribution in [3.63, 3.8) is 0 Å². The van der Waals surface area contributed by atoms with Crippen molar-refractivity contribution >= 4 is 6.09 Å². The quantitative estimate of drug-likeness (QED) is 0.757. The fraction of sp³-hybridized carbons (Fsp3) is 0.647. The molecule has 0 N–H and O–H groups in total. The van der Waals surface area contributed by atoms with E-state index in [0.717, 1.165) is 19.3 Å². The molecule has 2 atom stereocenters. The van der Waals surface area contributed by atoms with Crippen LogP contribution in [-0.2, 0) is 4.74 Å². The number of carbonyl (C=O) groups is 1. The Morgan fingerprint density at radius 1 is 1.48 bits per heavy atom. The van der Waals surface area contributed by atoms with Gasteiger partial charge in [-0.1, -0.05) is 31.9 Å². The maximum atomic E-state index is 12.0. The molecule has 21 heavy (non-hydrogen) atoms. The highest BCUT2D eigenvalue weighted by molar-refractivity contribution is 5.70. The average molecular weight is 290 g/mol. The lowest BCUT2D eigenvalue weighted by Crippen LogP contribution is -2.36. The monoisotopic (exact) mass is 290 g/mol. The van der Waals surface area contributed by atoms with Crippen LogP contribution in [0, 0.1) is 11.3 Å². The van der Waals surface area contributed by atoms with Crippen LogP contribution in [0.15, 0.2) is 29.9 Å². The molecule has 4 heteroatoms. The lowest BCUT2D eigenvalue weighted by Gasteiger charge is -2.43. The topological polar surface area (TPSA) is 44.1 Å². The first-order valence-electron chi connectivity index (χ1n) is 7.70. The molecule has 0 unspecified atom stereocenters. The molecule has 0 amide bonds. The van der Waals surface area contributed by atoms with Gasteiger partial charge in [0.1, 0.15) is 12.4 Å². The van der Waals surface area contributed by atoms with Gasteiger partial charge < -0.3 is 4.74 Å². The van der Waals surface area contributed by atoms with Gasteiger partial charge in [0, 0.05) is 18.8 Å². The molecular formula is C17H26N2O2. The first kappa shape index (κ1) is 15.8. The van der Waals surface area contributed by atoms with E-state index in [1.807, 2.05) is 0 Å². The number of imidazole rings is 1.